The lowest BCUT2D eigenvalue weighted by Gasteiger charge is -2.15. The standard InChI is InChI=1S/C15H19N3O2/c1-4-20-13-7-5-6-12(10-13)11(2)17-15-16-9-8-14(18-15)19-3/h5-11H,4H2,1-3H3,(H,16,17,18). The summed E-state index contributed by atoms with van der Waals surface area (Å²) in [4.78, 5) is 8.42. The van der Waals surface area contributed by atoms with Crippen molar-refractivity contribution in [3.8, 4) is 11.6 Å². The fourth-order valence-corrected chi connectivity index (χ4v) is 1.84. The van der Waals surface area contributed by atoms with E-state index in [1.54, 1.807) is 19.4 Å². The summed E-state index contributed by atoms with van der Waals surface area (Å²) in [6, 6.07) is 9.77. The lowest BCUT2D eigenvalue weighted by atomic mass is 10.1. The molecule has 1 N–H and O–H groups in total. The van der Waals surface area contributed by atoms with Crippen LogP contribution in [0.4, 0.5) is 5.95 Å². The molecule has 0 bridgehead atoms. The molecule has 0 aliphatic heterocycles. The summed E-state index contributed by atoms with van der Waals surface area (Å²) in [5, 5.41) is 3.24. The molecule has 0 fully saturated rings. The molecule has 0 saturated carbocycles. The summed E-state index contributed by atoms with van der Waals surface area (Å²) < 4.78 is 10.6. The van der Waals surface area contributed by atoms with Crippen LogP contribution in [0.3, 0.4) is 0 Å². The molecule has 1 heterocycles. The van der Waals surface area contributed by atoms with Crippen molar-refractivity contribution in [3.05, 3.63) is 42.1 Å². The zero-order chi connectivity index (χ0) is 14.4. The molecule has 1 aromatic heterocycles. The van der Waals surface area contributed by atoms with E-state index in [0.29, 0.717) is 18.4 Å². The summed E-state index contributed by atoms with van der Waals surface area (Å²) >= 11 is 0. The average Bonchev–Trinajstić information content (AvgIpc) is 2.48. The Morgan fingerprint density at radius 3 is 2.90 bits per heavy atom. The van der Waals surface area contributed by atoms with Gasteiger partial charge in [0.2, 0.25) is 11.8 Å². The molecule has 0 amide bonds. The minimum Gasteiger partial charge on any atom is -0.494 e. The van der Waals surface area contributed by atoms with Gasteiger partial charge >= 0.3 is 0 Å². The van der Waals surface area contributed by atoms with E-state index in [4.69, 9.17) is 9.47 Å². The topological polar surface area (TPSA) is 56.3 Å². The van der Waals surface area contributed by atoms with Crippen LogP contribution < -0.4 is 14.8 Å². The Balaban J connectivity index is 2.10. The predicted octanol–water partition coefficient (Wildman–Crippen LogP) is 3.06. The lowest BCUT2D eigenvalue weighted by Crippen LogP contribution is -2.09. The highest BCUT2D eigenvalue weighted by Gasteiger charge is 2.08. The van der Waals surface area contributed by atoms with E-state index in [2.05, 4.69) is 15.3 Å². The van der Waals surface area contributed by atoms with Crippen LogP contribution in [-0.4, -0.2) is 23.7 Å². The van der Waals surface area contributed by atoms with Crippen molar-refractivity contribution in [1.82, 2.24) is 9.97 Å². The van der Waals surface area contributed by atoms with Gasteiger partial charge in [-0.1, -0.05) is 12.1 Å². The van der Waals surface area contributed by atoms with Crippen molar-refractivity contribution in [2.45, 2.75) is 19.9 Å². The summed E-state index contributed by atoms with van der Waals surface area (Å²) in [5.41, 5.74) is 1.11. The third-order valence-corrected chi connectivity index (χ3v) is 2.85. The molecule has 0 saturated heterocycles. The molecule has 106 valence electrons. The van der Waals surface area contributed by atoms with E-state index in [-0.39, 0.29) is 6.04 Å². The van der Waals surface area contributed by atoms with Gasteiger partial charge in [-0.15, -0.1) is 0 Å². The van der Waals surface area contributed by atoms with Gasteiger partial charge in [0.05, 0.1) is 19.8 Å². The fraction of sp³-hybridized carbons (Fsp3) is 0.333. The monoisotopic (exact) mass is 273 g/mol. The minimum absolute atomic E-state index is 0.0718. The molecule has 2 aromatic rings. The fourth-order valence-electron chi connectivity index (χ4n) is 1.84. The zero-order valence-corrected chi connectivity index (χ0v) is 12.0. The molecule has 1 atom stereocenters. The highest BCUT2D eigenvalue weighted by molar-refractivity contribution is 5.36. The first-order valence-electron chi connectivity index (χ1n) is 6.59. The Morgan fingerprint density at radius 2 is 2.15 bits per heavy atom. The molecule has 2 rings (SSSR count). The second-order valence-corrected chi connectivity index (χ2v) is 4.29. The first kappa shape index (κ1) is 14.1. The van der Waals surface area contributed by atoms with Crippen molar-refractivity contribution >= 4 is 5.95 Å². The van der Waals surface area contributed by atoms with E-state index in [9.17, 15) is 0 Å². The second-order valence-electron chi connectivity index (χ2n) is 4.29. The Kier molecular flexibility index (Phi) is 4.76. The Bertz CT molecular complexity index is 560. The van der Waals surface area contributed by atoms with Gasteiger partial charge in [0.15, 0.2) is 0 Å². The molecule has 0 aliphatic carbocycles. The van der Waals surface area contributed by atoms with Gasteiger partial charge in [0.1, 0.15) is 5.75 Å². The minimum atomic E-state index is 0.0718. The van der Waals surface area contributed by atoms with Gasteiger partial charge in [-0.2, -0.15) is 4.98 Å². The Hall–Kier alpha value is -2.30. The SMILES string of the molecule is CCOc1cccc(C(C)Nc2nccc(OC)n2)c1. The van der Waals surface area contributed by atoms with Crippen LogP contribution in [-0.2, 0) is 0 Å². The molecule has 20 heavy (non-hydrogen) atoms. The van der Waals surface area contributed by atoms with Gasteiger partial charge < -0.3 is 14.8 Å². The second kappa shape index (κ2) is 6.75. The molecule has 5 nitrogen and oxygen atoms in total. The molecule has 1 unspecified atom stereocenters. The predicted molar refractivity (Wildman–Crippen MR) is 78.2 cm³/mol. The van der Waals surface area contributed by atoms with Crippen LogP contribution in [0.5, 0.6) is 11.6 Å². The van der Waals surface area contributed by atoms with Crippen molar-refractivity contribution in [2.24, 2.45) is 0 Å². The van der Waals surface area contributed by atoms with E-state index in [0.717, 1.165) is 11.3 Å². The van der Waals surface area contributed by atoms with Gasteiger partial charge in [-0.25, -0.2) is 4.98 Å². The summed E-state index contributed by atoms with van der Waals surface area (Å²) in [7, 11) is 1.58. The largest absolute Gasteiger partial charge is 0.494 e. The van der Waals surface area contributed by atoms with Crippen molar-refractivity contribution < 1.29 is 9.47 Å². The number of hydrogen-bond donors (Lipinski definition) is 1. The summed E-state index contributed by atoms with van der Waals surface area (Å²) in [6.45, 7) is 4.68. The first-order chi connectivity index (χ1) is 9.72. The maximum Gasteiger partial charge on any atom is 0.226 e. The molecule has 1 aromatic carbocycles. The van der Waals surface area contributed by atoms with Crippen LogP contribution >= 0.6 is 0 Å². The summed E-state index contributed by atoms with van der Waals surface area (Å²) in [6.07, 6.45) is 1.66. The number of hydrogen-bond acceptors (Lipinski definition) is 5. The van der Waals surface area contributed by atoms with Crippen LogP contribution in [0.25, 0.3) is 0 Å². The Morgan fingerprint density at radius 1 is 1.30 bits per heavy atom. The third kappa shape index (κ3) is 3.60. The van der Waals surface area contributed by atoms with Gasteiger partial charge in [0.25, 0.3) is 0 Å². The van der Waals surface area contributed by atoms with Crippen LogP contribution in [0.15, 0.2) is 36.5 Å². The van der Waals surface area contributed by atoms with Crippen molar-refractivity contribution in [2.75, 3.05) is 19.0 Å². The number of nitrogens with zero attached hydrogens (tertiary/aromatic N) is 2. The number of aromatic nitrogens is 2. The molecular formula is C15H19N3O2. The zero-order valence-electron chi connectivity index (χ0n) is 12.0. The van der Waals surface area contributed by atoms with E-state index in [1.165, 1.54) is 0 Å². The maximum absolute atomic E-state index is 5.50. The lowest BCUT2D eigenvalue weighted by molar-refractivity contribution is 0.340. The number of nitrogens with one attached hydrogen (secondary N) is 1. The normalized spacial score (nSPS) is 11.8. The van der Waals surface area contributed by atoms with Gasteiger partial charge in [0, 0.05) is 12.3 Å². The highest BCUT2D eigenvalue weighted by atomic mass is 16.5. The van der Waals surface area contributed by atoms with Crippen molar-refractivity contribution in [3.63, 3.8) is 0 Å². The highest BCUT2D eigenvalue weighted by Crippen LogP contribution is 2.22. The number of rotatable bonds is 6. The molecule has 0 spiro atoms. The van der Waals surface area contributed by atoms with Crippen molar-refractivity contribution in [1.29, 1.82) is 0 Å². The van der Waals surface area contributed by atoms with E-state index < -0.39 is 0 Å². The van der Waals surface area contributed by atoms with Gasteiger partial charge in [-0.3, -0.25) is 0 Å². The molecule has 0 radical (unpaired) electrons. The van der Waals surface area contributed by atoms with Crippen LogP contribution in [0.1, 0.15) is 25.5 Å². The maximum atomic E-state index is 5.50. The average molecular weight is 273 g/mol. The summed E-state index contributed by atoms with van der Waals surface area (Å²) in [5.74, 6) is 1.95. The number of ether oxygens (including phenoxy) is 2. The number of methoxy groups -OCH3 is 1. The third-order valence-electron chi connectivity index (χ3n) is 2.85. The van der Waals surface area contributed by atoms with Crippen LogP contribution in [0, 0.1) is 0 Å². The Labute approximate surface area is 119 Å². The van der Waals surface area contributed by atoms with Crippen LogP contribution in [0.2, 0.25) is 0 Å². The van der Waals surface area contributed by atoms with E-state index in [1.807, 2.05) is 38.1 Å². The van der Waals surface area contributed by atoms with Gasteiger partial charge in [-0.05, 0) is 31.5 Å². The van der Waals surface area contributed by atoms with E-state index >= 15 is 0 Å². The number of benzene rings is 1. The first-order valence-corrected chi connectivity index (χ1v) is 6.59. The molecule has 5 heteroatoms. The molecular weight excluding hydrogens is 254 g/mol. The smallest absolute Gasteiger partial charge is 0.226 e. The quantitative estimate of drug-likeness (QED) is 0.876. The molecule has 0 aliphatic rings. The number of anilines is 1.